The van der Waals surface area contributed by atoms with Gasteiger partial charge in [0.15, 0.2) is 0 Å². The molecule has 18 heavy (non-hydrogen) atoms. The van der Waals surface area contributed by atoms with Gasteiger partial charge in [-0.2, -0.15) is 0 Å². The van der Waals surface area contributed by atoms with E-state index in [0.717, 1.165) is 25.1 Å². The highest BCUT2D eigenvalue weighted by atomic mass is 16.2. The van der Waals surface area contributed by atoms with E-state index in [2.05, 4.69) is 10.3 Å². The molecular weight excluding hydrogens is 230 g/mol. The molecule has 0 spiro atoms. The number of rotatable bonds is 2. The molecule has 2 aliphatic rings. The van der Waals surface area contributed by atoms with Crippen molar-refractivity contribution >= 4 is 11.8 Å². The zero-order valence-electron chi connectivity index (χ0n) is 9.85. The Labute approximate surface area is 105 Å². The van der Waals surface area contributed by atoms with Crippen LogP contribution in [0.25, 0.3) is 0 Å². The third-order valence-corrected chi connectivity index (χ3v) is 3.29. The number of hydrogen-bond donors (Lipinski definition) is 1. The minimum atomic E-state index is -0.234. The van der Waals surface area contributed by atoms with Crippen LogP contribution in [-0.4, -0.2) is 41.3 Å². The molecule has 0 radical (unpaired) electrons. The van der Waals surface area contributed by atoms with Gasteiger partial charge in [0.05, 0.1) is 17.7 Å². The van der Waals surface area contributed by atoms with Crippen LogP contribution in [0, 0.1) is 0 Å². The van der Waals surface area contributed by atoms with Gasteiger partial charge < -0.3 is 5.32 Å². The Morgan fingerprint density at radius 2 is 2.11 bits per heavy atom. The molecule has 1 aromatic rings. The van der Waals surface area contributed by atoms with Crippen LogP contribution in [0.4, 0.5) is 0 Å². The first-order valence-corrected chi connectivity index (χ1v) is 5.96. The summed E-state index contributed by atoms with van der Waals surface area (Å²) in [4.78, 5) is 29.4. The van der Waals surface area contributed by atoms with E-state index in [1.807, 2.05) is 6.08 Å². The molecule has 0 saturated carbocycles. The van der Waals surface area contributed by atoms with Gasteiger partial charge in [-0.25, -0.2) is 0 Å². The number of carbonyl (C=O) groups excluding carboxylic acids is 2. The smallest absolute Gasteiger partial charge is 0.263 e. The number of imide groups is 1. The number of amides is 2. The van der Waals surface area contributed by atoms with Crippen LogP contribution in [0.15, 0.2) is 30.1 Å². The van der Waals surface area contributed by atoms with Crippen LogP contribution in [0.2, 0.25) is 0 Å². The average Bonchev–Trinajstić information content (AvgIpc) is 2.66. The second-order valence-corrected chi connectivity index (χ2v) is 4.43. The lowest BCUT2D eigenvalue weighted by Gasteiger charge is -2.19. The van der Waals surface area contributed by atoms with Crippen molar-refractivity contribution in [1.82, 2.24) is 15.2 Å². The Bertz CT molecular complexity index is 516. The standard InChI is InChI=1S/C13H13N3O2/c17-12-10-3-6-15-7-11(10)13(18)16(12)8-9-1-4-14-5-2-9/h1,3,6-7,14H,2,4-5,8H2. The van der Waals surface area contributed by atoms with Gasteiger partial charge in [-0.15, -0.1) is 0 Å². The van der Waals surface area contributed by atoms with Gasteiger partial charge in [-0.3, -0.25) is 19.5 Å². The molecule has 5 heteroatoms. The van der Waals surface area contributed by atoms with Crippen LogP contribution in [0.1, 0.15) is 27.1 Å². The first-order valence-electron chi connectivity index (χ1n) is 5.96. The van der Waals surface area contributed by atoms with E-state index in [1.165, 1.54) is 17.3 Å². The molecule has 5 nitrogen and oxygen atoms in total. The molecule has 0 bridgehead atoms. The molecule has 1 aromatic heterocycles. The monoisotopic (exact) mass is 243 g/mol. The second-order valence-electron chi connectivity index (χ2n) is 4.43. The number of carbonyl (C=O) groups is 2. The molecular formula is C13H13N3O2. The lowest BCUT2D eigenvalue weighted by atomic mass is 10.1. The van der Waals surface area contributed by atoms with E-state index in [-0.39, 0.29) is 11.8 Å². The predicted molar refractivity (Wildman–Crippen MR) is 65.2 cm³/mol. The van der Waals surface area contributed by atoms with Gasteiger partial charge in [-0.05, 0) is 19.0 Å². The van der Waals surface area contributed by atoms with Crippen LogP contribution >= 0.6 is 0 Å². The molecule has 92 valence electrons. The molecule has 0 aromatic carbocycles. The fraction of sp³-hybridized carbons (Fsp3) is 0.308. The fourth-order valence-electron chi connectivity index (χ4n) is 2.29. The van der Waals surface area contributed by atoms with Gasteiger partial charge in [-0.1, -0.05) is 11.6 Å². The van der Waals surface area contributed by atoms with Crippen molar-refractivity contribution in [3.63, 3.8) is 0 Å². The summed E-state index contributed by atoms with van der Waals surface area (Å²) < 4.78 is 0. The zero-order chi connectivity index (χ0) is 12.5. The summed E-state index contributed by atoms with van der Waals surface area (Å²) in [5, 5.41) is 3.20. The highest BCUT2D eigenvalue weighted by Crippen LogP contribution is 2.23. The van der Waals surface area contributed by atoms with E-state index >= 15 is 0 Å². The summed E-state index contributed by atoms with van der Waals surface area (Å²) in [5.41, 5.74) is 2.01. The fourth-order valence-corrected chi connectivity index (χ4v) is 2.29. The van der Waals surface area contributed by atoms with E-state index in [0.29, 0.717) is 17.7 Å². The lowest BCUT2D eigenvalue weighted by molar-refractivity contribution is 0.0666. The van der Waals surface area contributed by atoms with Gasteiger partial charge in [0.25, 0.3) is 11.8 Å². The Balaban J connectivity index is 1.86. The Morgan fingerprint density at radius 1 is 1.28 bits per heavy atom. The number of hydrogen-bond acceptors (Lipinski definition) is 4. The molecule has 3 rings (SSSR count). The van der Waals surface area contributed by atoms with Crippen LogP contribution in [0.3, 0.4) is 0 Å². The van der Waals surface area contributed by atoms with Crippen molar-refractivity contribution in [2.45, 2.75) is 6.42 Å². The first-order chi connectivity index (χ1) is 8.77. The highest BCUT2D eigenvalue weighted by Gasteiger charge is 2.35. The van der Waals surface area contributed by atoms with Crippen LogP contribution in [0.5, 0.6) is 0 Å². The molecule has 0 saturated heterocycles. The zero-order valence-corrected chi connectivity index (χ0v) is 9.85. The highest BCUT2D eigenvalue weighted by molar-refractivity contribution is 6.21. The Hall–Kier alpha value is -2.01. The first kappa shape index (κ1) is 11.1. The number of nitrogens with zero attached hydrogens (tertiary/aromatic N) is 2. The maximum atomic E-state index is 12.1. The molecule has 2 aliphatic heterocycles. The number of pyridine rings is 1. The van der Waals surface area contributed by atoms with E-state index in [1.54, 1.807) is 6.07 Å². The third kappa shape index (κ3) is 1.73. The molecule has 0 unspecified atom stereocenters. The molecule has 0 fully saturated rings. The Morgan fingerprint density at radius 3 is 2.83 bits per heavy atom. The summed E-state index contributed by atoms with van der Waals surface area (Å²) >= 11 is 0. The third-order valence-electron chi connectivity index (χ3n) is 3.29. The van der Waals surface area contributed by atoms with E-state index in [9.17, 15) is 9.59 Å². The van der Waals surface area contributed by atoms with Crippen molar-refractivity contribution in [2.24, 2.45) is 0 Å². The van der Waals surface area contributed by atoms with Crippen molar-refractivity contribution < 1.29 is 9.59 Å². The topological polar surface area (TPSA) is 62.3 Å². The molecule has 0 atom stereocenters. The molecule has 3 heterocycles. The maximum Gasteiger partial charge on any atom is 0.263 e. The van der Waals surface area contributed by atoms with E-state index in [4.69, 9.17) is 0 Å². The lowest BCUT2D eigenvalue weighted by Crippen LogP contribution is -2.34. The van der Waals surface area contributed by atoms with Crippen LogP contribution < -0.4 is 5.32 Å². The van der Waals surface area contributed by atoms with Crippen molar-refractivity contribution in [3.8, 4) is 0 Å². The minimum Gasteiger partial charge on any atom is -0.313 e. The second kappa shape index (κ2) is 4.34. The van der Waals surface area contributed by atoms with Crippen molar-refractivity contribution in [3.05, 3.63) is 41.2 Å². The van der Waals surface area contributed by atoms with Gasteiger partial charge in [0.1, 0.15) is 0 Å². The van der Waals surface area contributed by atoms with Gasteiger partial charge in [0.2, 0.25) is 0 Å². The molecule has 1 N–H and O–H groups in total. The number of nitrogens with one attached hydrogen (secondary N) is 1. The van der Waals surface area contributed by atoms with Crippen LogP contribution in [-0.2, 0) is 0 Å². The summed E-state index contributed by atoms with van der Waals surface area (Å²) in [6.07, 6.45) is 5.93. The SMILES string of the molecule is O=C1c2ccncc2C(=O)N1CC1=CCNCC1. The Kier molecular flexibility index (Phi) is 2.68. The summed E-state index contributed by atoms with van der Waals surface area (Å²) in [5.74, 6) is -0.445. The van der Waals surface area contributed by atoms with E-state index < -0.39 is 0 Å². The minimum absolute atomic E-state index is 0.211. The largest absolute Gasteiger partial charge is 0.313 e. The molecule has 2 amide bonds. The predicted octanol–water partition coefficient (Wildman–Crippen LogP) is 0.597. The van der Waals surface area contributed by atoms with Crippen molar-refractivity contribution in [2.75, 3.05) is 19.6 Å². The summed E-state index contributed by atoms with van der Waals surface area (Å²) in [7, 11) is 0. The average molecular weight is 243 g/mol. The maximum absolute atomic E-state index is 12.1. The summed E-state index contributed by atoms with van der Waals surface area (Å²) in [6.45, 7) is 2.10. The number of fused-ring (bicyclic) bond motifs is 1. The quantitative estimate of drug-likeness (QED) is 0.610. The summed E-state index contributed by atoms with van der Waals surface area (Å²) in [6, 6.07) is 1.60. The molecule has 0 aliphatic carbocycles. The van der Waals surface area contributed by atoms with Crippen molar-refractivity contribution in [1.29, 1.82) is 0 Å². The number of aromatic nitrogens is 1. The van der Waals surface area contributed by atoms with Gasteiger partial charge in [0, 0.05) is 18.9 Å². The van der Waals surface area contributed by atoms with Gasteiger partial charge >= 0.3 is 0 Å². The normalized spacial score (nSPS) is 18.9.